The molecule has 0 aliphatic carbocycles. The zero-order valence-electron chi connectivity index (χ0n) is 9.02. The van der Waals surface area contributed by atoms with Gasteiger partial charge in [-0.25, -0.2) is 0 Å². The fraction of sp³-hybridized carbons (Fsp3) is 0.889. The summed E-state index contributed by atoms with van der Waals surface area (Å²) in [6, 6.07) is -0.892. The molecule has 0 aromatic carbocycles. The Morgan fingerprint density at radius 3 is 2.27 bits per heavy atom. The van der Waals surface area contributed by atoms with Crippen LogP contribution in [0.4, 0.5) is 13.2 Å². The van der Waals surface area contributed by atoms with E-state index in [1.165, 1.54) is 0 Å². The summed E-state index contributed by atoms with van der Waals surface area (Å²) in [5.41, 5.74) is 0. The predicted octanol–water partition coefficient (Wildman–Crippen LogP) is 1.73. The number of halogens is 3. The number of carbonyl (C=O) groups is 1. The molecule has 0 aliphatic rings. The van der Waals surface area contributed by atoms with Gasteiger partial charge in [-0.15, -0.1) is 0 Å². The molecule has 1 unspecified atom stereocenters. The van der Waals surface area contributed by atoms with Crippen LogP contribution >= 0.6 is 0 Å². The van der Waals surface area contributed by atoms with Gasteiger partial charge >= 0.3 is 12.1 Å². The van der Waals surface area contributed by atoms with E-state index in [4.69, 9.17) is 0 Å². The highest BCUT2D eigenvalue weighted by atomic mass is 19.4. The molecule has 1 N–H and O–H groups in total. The number of methoxy groups -OCH3 is 1. The van der Waals surface area contributed by atoms with Crippen molar-refractivity contribution in [2.75, 3.05) is 13.7 Å². The molecule has 3 nitrogen and oxygen atoms in total. The Morgan fingerprint density at radius 1 is 1.40 bits per heavy atom. The Kier molecular flexibility index (Phi) is 5.64. The van der Waals surface area contributed by atoms with Gasteiger partial charge in [0.05, 0.1) is 13.7 Å². The van der Waals surface area contributed by atoms with E-state index < -0.39 is 24.7 Å². The van der Waals surface area contributed by atoms with Crippen LogP contribution in [0.25, 0.3) is 0 Å². The minimum atomic E-state index is -4.32. The number of hydrogen-bond donors (Lipinski definition) is 1. The van der Waals surface area contributed by atoms with Gasteiger partial charge in [-0.3, -0.25) is 10.1 Å². The maximum atomic E-state index is 11.9. The average molecular weight is 227 g/mol. The monoisotopic (exact) mass is 227 g/mol. The molecule has 0 heterocycles. The predicted molar refractivity (Wildman–Crippen MR) is 49.3 cm³/mol. The number of nitrogens with one attached hydrogen (secondary N) is 1. The molecule has 1 atom stereocenters. The first-order valence-corrected chi connectivity index (χ1v) is 4.64. The number of hydrogen-bond acceptors (Lipinski definition) is 3. The Labute approximate surface area is 87.0 Å². The summed E-state index contributed by atoms with van der Waals surface area (Å²) < 4.78 is 40.1. The van der Waals surface area contributed by atoms with Crippen LogP contribution in [0.1, 0.15) is 20.3 Å². The molecule has 0 spiro atoms. The first-order chi connectivity index (χ1) is 6.76. The molecular weight excluding hydrogens is 211 g/mol. The first kappa shape index (κ1) is 14.2. The van der Waals surface area contributed by atoms with E-state index in [1.54, 1.807) is 0 Å². The average Bonchev–Trinajstić information content (AvgIpc) is 2.09. The van der Waals surface area contributed by atoms with Crippen LogP contribution in [0, 0.1) is 5.92 Å². The van der Waals surface area contributed by atoms with Crippen molar-refractivity contribution in [1.29, 1.82) is 0 Å². The van der Waals surface area contributed by atoms with E-state index >= 15 is 0 Å². The van der Waals surface area contributed by atoms with Gasteiger partial charge in [-0.1, -0.05) is 13.8 Å². The summed E-state index contributed by atoms with van der Waals surface area (Å²) in [6.07, 6.45) is -3.99. The molecule has 0 aromatic rings. The Hall–Kier alpha value is -0.780. The van der Waals surface area contributed by atoms with Crippen LogP contribution in [0.3, 0.4) is 0 Å². The Morgan fingerprint density at radius 2 is 1.93 bits per heavy atom. The van der Waals surface area contributed by atoms with E-state index in [0.29, 0.717) is 6.42 Å². The number of rotatable bonds is 5. The standard InChI is InChI=1S/C9H16F3NO2/c1-6(2)4-7(8(14)15-3)13-5-9(10,11)12/h6-7,13H,4-5H2,1-3H3. The molecule has 0 radical (unpaired) electrons. The summed E-state index contributed by atoms with van der Waals surface area (Å²) in [7, 11) is 1.16. The van der Waals surface area contributed by atoms with Gasteiger partial charge in [-0.2, -0.15) is 13.2 Å². The van der Waals surface area contributed by atoms with Crippen LogP contribution in [0.2, 0.25) is 0 Å². The zero-order chi connectivity index (χ0) is 12.1. The summed E-state index contributed by atoms with van der Waals surface area (Å²) in [5.74, 6) is -0.539. The number of ether oxygens (including phenoxy) is 1. The maximum absolute atomic E-state index is 11.9. The van der Waals surface area contributed by atoms with E-state index in [0.717, 1.165) is 7.11 Å². The minimum Gasteiger partial charge on any atom is -0.468 e. The molecule has 0 aromatic heterocycles. The number of esters is 1. The van der Waals surface area contributed by atoms with Gasteiger partial charge in [0.1, 0.15) is 6.04 Å². The van der Waals surface area contributed by atoms with Crippen molar-refractivity contribution in [3.8, 4) is 0 Å². The van der Waals surface area contributed by atoms with Crippen molar-refractivity contribution in [3.05, 3.63) is 0 Å². The molecule has 15 heavy (non-hydrogen) atoms. The molecular formula is C9H16F3NO2. The van der Waals surface area contributed by atoms with Gasteiger partial charge in [0.2, 0.25) is 0 Å². The number of carbonyl (C=O) groups excluding carboxylic acids is 1. The fourth-order valence-corrected chi connectivity index (χ4v) is 1.12. The molecule has 0 fully saturated rings. The van der Waals surface area contributed by atoms with E-state index in [2.05, 4.69) is 10.1 Å². The Balaban J connectivity index is 4.19. The highest BCUT2D eigenvalue weighted by Gasteiger charge is 2.30. The van der Waals surface area contributed by atoms with Gasteiger partial charge in [0.15, 0.2) is 0 Å². The molecule has 0 bridgehead atoms. The van der Waals surface area contributed by atoms with Crippen molar-refractivity contribution in [1.82, 2.24) is 5.32 Å². The van der Waals surface area contributed by atoms with Crippen LogP contribution in [0.15, 0.2) is 0 Å². The largest absolute Gasteiger partial charge is 0.468 e. The zero-order valence-corrected chi connectivity index (χ0v) is 9.02. The van der Waals surface area contributed by atoms with Gasteiger partial charge < -0.3 is 4.74 Å². The Bertz CT molecular complexity index is 204. The van der Waals surface area contributed by atoms with Crippen molar-refractivity contribution >= 4 is 5.97 Å². The molecule has 90 valence electrons. The molecule has 0 saturated carbocycles. The van der Waals surface area contributed by atoms with Crippen LogP contribution in [-0.2, 0) is 9.53 Å². The second-order valence-electron chi connectivity index (χ2n) is 3.70. The SMILES string of the molecule is COC(=O)C(CC(C)C)NCC(F)(F)F. The van der Waals surface area contributed by atoms with Crippen molar-refractivity contribution in [2.45, 2.75) is 32.5 Å². The lowest BCUT2D eigenvalue weighted by Crippen LogP contribution is -2.43. The third-order valence-corrected chi connectivity index (χ3v) is 1.74. The quantitative estimate of drug-likeness (QED) is 0.727. The smallest absolute Gasteiger partial charge is 0.401 e. The molecule has 6 heteroatoms. The molecule has 0 amide bonds. The fourth-order valence-electron chi connectivity index (χ4n) is 1.12. The van der Waals surface area contributed by atoms with Crippen LogP contribution < -0.4 is 5.32 Å². The highest BCUT2D eigenvalue weighted by molar-refractivity contribution is 5.75. The lowest BCUT2D eigenvalue weighted by atomic mass is 10.0. The topological polar surface area (TPSA) is 38.3 Å². The maximum Gasteiger partial charge on any atom is 0.401 e. The van der Waals surface area contributed by atoms with Gasteiger partial charge in [-0.05, 0) is 12.3 Å². The normalized spacial score (nSPS) is 14.1. The second kappa shape index (κ2) is 5.95. The summed E-state index contributed by atoms with van der Waals surface area (Å²) >= 11 is 0. The summed E-state index contributed by atoms with van der Waals surface area (Å²) in [4.78, 5) is 11.1. The third-order valence-electron chi connectivity index (χ3n) is 1.74. The van der Waals surface area contributed by atoms with Crippen LogP contribution in [0.5, 0.6) is 0 Å². The lowest BCUT2D eigenvalue weighted by Gasteiger charge is -2.19. The van der Waals surface area contributed by atoms with E-state index in [-0.39, 0.29) is 5.92 Å². The third kappa shape index (κ3) is 7.18. The lowest BCUT2D eigenvalue weighted by molar-refractivity contribution is -0.147. The first-order valence-electron chi connectivity index (χ1n) is 4.64. The van der Waals surface area contributed by atoms with E-state index in [9.17, 15) is 18.0 Å². The molecule has 0 rings (SSSR count). The van der Waals surface area contributed by atoms with Gasteiger partial charge in [0.25, 0.3) is 0 Å². The minimum absolute atomic E-state index is 0.120. The molecule has 0 saturated heterocycles. The van der Waals surface area contributed by atoms with E-state index in [1.807, 2.05) is 13.8 Å². The van der Waals surface area contributed by atoms with Crippen molar-refractivity contribution < 1.29 is 22.7 Å². The van der Waals surface area contributed by atoms with Gasteiger partial charge in [0, 0.05) is 0 Å². The van der Waals surface area contributed by atoms with Crippen molar-refractivity contribution in [2.24, 2.45) is 5.92 Å². The summed E-state index contributed by atoms with van der Waals surface area (Å²) in [6.45, 7) is 2.47. The highest BCUT2D eigenvalue weighted by Crippen LogP contribution is 2.14. The molecule has 0 aliphatic heterocycles. The van der Waals surface area contributed by atoms with Crippen molar-refractivity contribution in [3.63, 3.8) is 0 Å². The second-order valence-corrected chi connectivity index (χ2v) is 3.70. The van der Waals surface area contributed by atoms with Crippen LogP contribution in [-0.4, -0.2) is 31.8 Å². The number of alkyl halides is 3. The summed E-state index contributed by atoms with van der Waals surface area (Å²) in [5, 5.41) is 2.14.